The van der Waals surface area contributed by atoms with Gasteiger partial charge in [0.15, 0.2) is 12.2 Å². The molecule has 1 aliphatic heterocycles. The number of aromatic nitrogens is 2. The summed E-state index contributed by atoms with van der Waals surface area (Å²) >= 11 is 0. The van der Waals surface area contributed by atoms with Crippen LogP contribution in [0.15, 0.2) is 30.5 Å². The van der Waals surface area contributed by atoms with Gasteiger partial charge >= 0.3 is 0 Å². The summed E-state index contributed by atoms with van der Waals surface area (Å²) in [6.45, 7) is 19.8. The Kier molecular flexibility index (Phi) is 2.40. The highest BCUT2D eigenvalue weighted by molar-refractivity contribution is 5.99. The summed E-state index contributed by atoms with van der Waals surface area (Å²) in [5.41, 5.74) is 6.56. The van der Waals surface area contributed by atoms with Gasteiger partial charge in [-0.2, -0.15) is 0 Å². The lowest BCUT2D eigenvalue weighted by atomic mass is 10.0. The number of nitrogens with zero attached hydrogens (tertiary/aromatic N) is 4. The maximum Gasteiger partial charge on any atom is 0.224 e. The second-order valence-corrected chi connectivity index (χ2v) is 5.72. The van der Waals surface area contributed by atoms with Gasteiger partial charge in [0, 0.05) is 5.56 Å². The molecule has 0 saturated heterocycles. The minimum Gasteiger partial charge on any atom is -0.250 e. The van der Waals surface area contributed by atoms with Crippen LogP contribution in [0.1, 0.15) is 16.7 Å². The van der Waals surface area contributed by atoms with Crippen LogP contribution in [0.5, 0.6) is 0 Å². The molecule has 0 bridgehead atoms. The van der Waals surface area contributed by atoms with E-state index in [0.717, 1.165) is 23.1 Å². The Balaban J connectivity index is 2.18. The fourth-order valence-electron chi connectivity index (χ4n) is 3.46. The van der Waals surface area contributed by atoms with Gasteiger partial charge in [0.05, 0.1) is 18.5 Å². The van der Waals surface area contributed by atoms with Crippen LogP contribution in [-0.4, -0.2) is 4.68 Å². The van der Waals surface area contributed by atoms with E-state index in [1.807, 2.05) is 6.07 Å². The largest absolute Gasteiger partial charge is 0.250 e. The Hall–Kier alpha value is -3.11. The van der Waals surface area contributed by atoms with Gasteiger partial charge in [0.2, 0.25) is 11.9 Å². The van der Waals surface area contributed by atoms with E-state index < -0.39 is 0 Å². The molecule has 4 heteroatoms. The van der Waals surface area contributed by atoms with E-state index in [2.05, 4.69) is 51.2 Å². The maximum atomic E-state index is 7.50. The summed E-state index contributed by atoms with van der Waals surface area (Å²) in [4.78, 5) is 7.14. The Morgan fingerprint density at radius 3 is 2.68 bits per heavy atom. The topological polar surface area (TPSA) is 17.5 Å². The minimum atomic E-state index is 0.419. The molecule has 0 radical (unpaired) electrons. The first-order valence-corrected chi connectivity index (χ1v) is 7.07. The molecule has 0 unspecified atom stereocenters. The van der Waals surface area contributed by atoms with Crippen LogP contribution in [0.25, 0.3) is 26.3 Å². The third-order valence-electron chi connectivity index (χ3n) is 4.22. The van der Waals surface area contributed by atoms with Crippen molar-refractivity contribution in [2.45, 2.75) is 20.4 Å². The third kappa shape index (κ3) is 1.47. The van der Waals surface area contributed by atoms with Crippen molar-refractivity contribution in [3.8, 4) is 5.69 Å². The highest BCUT2D eigenvalue weighted by atomic mass is 15.4. The standard InChI is InChI=1S/C18H13N4/c1-11-7-12(2)17-14(8-11)10-21-9-13-5-6-15(19-3)16(20-4)18(13)22(17)21/h5-9H,10H2,1-2H3/q+1. The molecule has 4 rings (SSSR count). The first-order chi connectivity index (χ1) is 10.6. The fourth-order valence-corrected chi connectivity index (χ4v) is 3.46. The Labute approximate surface area is 128 Å². The molecule has 2 aromatic carbocycles. The number of hydrogen-bond acceptors (Lipinski definition) is 0. The summed E-state index contributed by atoms with van der Waals surface area (Å²) in [7, 11) is 0. The first-order valence-electron chi connectivity index (χ1n) is 7.07. The SMILES string of the molecule is [C-]#[N+]c1ccc2c[n+]3n(c2c1[N+]#[C-])-c1c(C)cc(C)cc1C3. The van der Waals surface area contributed by atoms with E-state index in [-0.39, 0.29) is 0 Å². The van der Waals surface area contributed by atoms with Gasteiger partial charge in [-0.15, -0.1) is 9.36 Å². The van der Waals surface area contributed by atoms with Gasteiger partial charge in [-0.3, -0.25) is 4.85 Å². The molecular formula is C18H13N4+. The zero-order valence-corrected chi connectivity index (χ0v) is 12.4. The zero-order valence-electron chi connectivity index (χ0n) is 12.4. The van der Waals surface area contributed by atoms with Gasteiger partial charge in [0.25, 0.3) is 0 Å². The quantitative estimate of drug-likeness (QED) is 0.343. The second kappa shape index (κ2) is 4.19. The second-order valence-electron chi connectivity index (χ2n) is 5.72. The van der Waals surface area contributed by atoms with Gasteiger partial charge < -0.3 is 0 Å². The van der Waals surface area contributed by atoms with Crippen LogP contribution in [0, 0.1) is 27.0 Å². The Morgan fingerprint density at radius 2 is 1.95 bits per heavy atom. The number of rotatable bonds is 0. The van der Waals surface area contributed by atoms with Crippen LogP contribution in [-0.2, 0) is 6.54 Å². The van der Waals surface area contributed by atoms with Crippen molar-refractivity contribution in [1.82, 2.24) is 4.68 Å². The molecular weight excluding hydrogens is 272 g/mol. The average Bonchev–Trinajstić information content (AvgIpc) is 3.00. The van der Waals surface area contributed by atoms with E-state index >= 15 is 0 Å². The molecule has 2 heterocycles. The number of aryl methyl sites for hydroxylation is 2. The number of benzene rings is 2. The number of hydrogen-bond donors (Lipinski definition) is 0. The van der Waals surface area contributed by atoms with Crippen molar-refractivity contribution in [2.75, 3.05) is 0 Å². The highest BCUT2D eigenvalue weighted by Crippen LogP contribution is 2.39. The molecule has 22 heavy (non-hydrogen) atoms. The van der Waals surface area contributed by atoms with E-state index in [1.165, 1.54) is 16.7 Å². The summed E-state index contributed by atoms with van der Waals surface area (Å²) in [6.07, 6.45) is 2.06. The van der Waals surface area contributed by atoms with Crippen LogP contribution in [0.3, 0.4) is 0 Å². The van der Waals surface area contributed by atoms with Crippen molar-refractivity contribution in [3.63, 3.8) is 0 Å². The van der Waals surface area contributed by atoms with Gasteiger partial charge in [-0.25, -0.2) is 4.85 Å². The highest BCUT2D eigenvalue weighted by Gasteiger charge is 2.31. The lowest BCUT2D eigenvalue weighted by Crippen LogP contribution is -2.36. The summed E-state index contributed by atoms with van der Waals surface area (Å²) in [6, 6.07) is 8.03. The molecule has 0 amide bonds. The molecule has 0 spiro atoms. The molecule has 4 nitrogen and oxygen atoms in total. The van der Waals surface area contributed by atoms with E-state index in [9.17, 15) is 0 Å². The van der Waals surface area contributed by atoms with Gasteiger partial charge in [-0.05, 0) is 25.5 Å². The van der Waals surface area contributed by atoms with Crippen molar-refractivity contribution in [2.24, 2.45) is 0 Å². The smallest absolute Gasteiger partial charge is 0.224 e. The molecule has 104 valence electrons. The molecule has 0 atom stereocenters. The molecule has 1 aromatic heterocycles. The summed E-state index contributed by atoms with van der Waals surface area (Å²) in [5.74, 6) is 0. The molecule has 0 N–H and O–H groups in total. The van der Waals surface area contributed by atoms with Crippen LogP contribution < -0.4 is 4.68 Å². The Morgan fingerprint density at radius 1 is 1.14 bits per heavy atom. The monoisotopic (exact) mass is 285 g/mol. The maximum absolute atomic E-state index is 7.50. The molecule has 0 fully saturated rings. The van der Waals surface area contributed by atoms with Crippen molar-refractivity contribution in [3.05, 3.63) is 70.0 Å². The minimum absolute atomic E-state index is 0.419. The van der Waals surface area contributed by atoms with Crippen molar-refractivity contribution < 1.29 is 4.68 Å². The van der Waals surface area contributed by atoms with Crippen molar-refractivity contribution in [1.29, 1.82) is 0 Å². The third-order valence-corrected chi connectivity index (χ3v) is 4.22. The predicted octanol–water partition coefficient (Wildman–Crippen LogP) is 4.00. The lowest BCUT2D eigenvalue weighted by molar-refractivity contribution is -0.749. The van der Waals surface area contributed by atoms with E-state index in [4.69, 9.17) is 13.1 Å². The van der Waals surface area contributed by atoms with Crippen LogP contribution in [0.4, 0.5) is 11.4 Å². The van der Waals surface area contributed by atoms with Crippen molar-refractivity contribution >= 4 is 22.3 Å². The molecule has 3 aromatic rings. The lowest BCUT2D eigenvalue weighted by Gasteiger charge is -2.06. The average molecular weight is 285 g/mol. The molecule has 0 saturated carbocycles. The van der Waals surface area contributed by atoms with Crippen LogP contribution >= 0.6 is 0 Å². The van der Waals surface area contributed by atoms with Crippen LogP contribution in [0.2, 0.25) is 0 Å². The molecule has 1 aliphatic rings. The first kappa shape index (κ1) is 12.6. The predicted molar refractivity (Wildman–Crippen MR) is 84.6 cm³/mol. The zero-order chi connectivity index (χ0) is 15.4. The number of fused-ring (bicyclic) bond motifs is 5. The van der Waals surface area contributed by atoms with E-state index in [1.54, 1.807) is 6.07 Å². The van der Waals surface area contributed by atoms with Gasteiger partial charge in [-0.1, -0.05) is 23.8 Å². The normalized spacial score (nSPS) is 11.8. The van der Waals surface area contributed by atoms with E-state index in [0.29, 0.717) is 11.4 Å². The summed E-state index contributed by atoms with van der Waals surface area (Å²) < 4.78 is 4.23. The van der Waals surface area contributed by atoms with Gasteiger partial charge in [0.1, 0.15) is 11.2 Å². The molecule has 0 aliphatic carbocycles. The summed E-state index contributed by atoms with van der Waals surface area (Å²) in [5, 5.41) is 1.00. The Bertz CT molecular complexity index is 1040. The fraction of sp³-hybridized carbons (Fsp3) is 0.167.